The summed E-state index contributed by atoms with van der Waals surface area (Å²) in [6.45, 7) is 3.13. The van der Waals surface area contributed by atoms with Gasteiger partial charge in [0.15, 0.2) is 0 Å². The van der Waals surface area contributed by atoms with Crippen molar-refractivity contribution in [1.29, 1.82) is 0 Å². The first kappa shape index (κ1) is 14.6. The molecule has 0 saturated heterocycles. The van der Waals surface area contributed by atoms with E-state index in [2.05, 4.69) is 17.2 Å². The molecule has 1 heterocycles. The minimum Gasteiger partial charge on any atom is -0.465 e. The molecule has 3 amide bonds. The van der Waals surface area contributed by atoms with Crippen molar-refractivity contribution in [2.75, 3.05) is 0 Å². The van der Waals surface area contributed by atoms with Crippen LogP contribution in [0.3, 0.4) is 0 Å². The Labute approximate surface area is 121 Å². The van der Waals surface area contributed by atoms with Gasteiger partial charge < -0.3 is 10.4 Å². The number of nitrogens with zero attached hydrogens (tertiary/aromatic N) is 1. The van der Waals surface area contributed by atoms with Crippen LogP contribution in [0.4, 0.5) is 4.79 Å². The lowest BCUT2D eigenvalue weighted by Gasteiger charge is -2.26. The molecule has 0 aromatic heterocycles. The molecule has 21 heavy (non-hydrogen) atoms. The van der Waals surface area contributed by atoms with Crippen LogP contribution in [-0.2, 0) is 0 Å². The van der Waals surface area contributed by atoms with E-state index in [1.165, 1.54) is 0 Å². The molecule has 0 bridgehead atoms. The first-order valence-corrected chi connectivity index (χ1v) is 6.36. The number of rotatable bonds is 3. The number of benzene rings is 1. The van der Waals surface area contributed by atoms with Crippen LogP contribution in [0.1, 0.15) is 34.6 Å². The van der Waals surface area contributed by atoms with Gasteiger partial charge in [-0.3, -0.25) is 14.5 Å². The molecule has 0 fully saturated rings. The fourth-order valence-corrected chi connectivity index (χ4v) is 2.30. The Bertz CT molecular complexity index is 637. The quantitative estimate of drug-likeness (QED) is 0.648. The van der Waals surface area contributed by atoms with Gasteiger partial charge in [-0.1, -0.05) is 18.1 Å². The smallest absolute Gasteiger partial charge is 0.404 e. The Kier molecular flexibility index (Phi) is 3.94. The number of nitrogens with one attached hydrogen (secondary N) is 1. The second-order valence-electron chi connectivity index (χ2n) is 4.60. The summed E-state index contributed by atoms with van der Waals surface area (Å²) in [4.78, 5) is 36.5. The Morgan fingerprint density at radius 2 is 1.76 bits per heavy atom. The van der Waals surface area contributed by atoms with E-state index in [9.17, 15) is 14.4 Å². The molecule has 0 aliphatic carbocycles. The summed E-state index contributed by atoms with van der Waals surface area (Å²) >= 11 is 0. The van der Waals surface area contributed by atoms with Crippen LogP contribution >= 0.6 is 0 Å². The zero-order chi connectivity index (χ0) is 15.6. The Morgan fingerprint density at radius 1 is 1.24 bits per heavy atom. The topological polar surface area (TPSA) is 86.7 Å². The number of carbonyl (C=O) groups is 3. The zero-order valence-corrected chi connectivity index (χ0v) is 11.6. The van der Waals surface area contributed by atoms with Crippen molar-refractivity contribution < 1.29 is 19.5 Å². The van der Waals surface area contributed by atoms with Crippen LogP contribution in [-0.4, -0.2) is 40.0 Å². The van der Waals surface area contributed by atoms with Crippen LogP contribution in [0.15, 0.2) is 24.3 Å². The third kappa shape index (κ3) is 2.58. The van der Waals surface area contributed by atoms with Gasteiger partial charge in [-0.15, -0.1) is 5.92 Å². The van der Waals surface area contributed by atoms with Crippen molar-refractivity contribution in [3.8, 4) is 11.8 Å². The van der Waals surface area contributed by atoms with Gasteiger partial charge in [-0.25, -0.2) is 4.79 Å². The van der Waals surface area contributed by atoms with Crippen LogP contribution in [0.25, 0.3) is 0 Å². The van der Waals surface area contributed by atoms with Gasteiger partial charge >= 0.3 is 6.09 Å². The third-order valence-electron chi connectivity index (χ3n) is 3.22. The van der Waals surface area contributed by atoms with Gasteiger partial charge in [0, 0.05) is 0 Å². The Morgan fingerprint density at radius 3 is 2.19 bits per heavy atom. The SMILES string of the molecule is CC#CC([C@H](C)NC(=O)O)N1C(=O)c2ccccc2C1=O. The van der Waals surface area contributed by atoms with E-state index in [-0.39, 0.29) is 0 Å². The van der Waals surface area contributed by atoms with Crippen molar-refractivity contribution >= 4 is 17.9 Å². The molecule has 6 nitrogen and oxygen atoms in total. The molecule has 1 aromatic rings. The summed E-state index contributed by atoms with van der Waals surface area (Å²) in [5, 5.41) is 11.0. The van der Waals surface area contributed by atoms with E-state index in [4.69, 9.17) is 5.11 Å². The first-order valence-electron chi connectivity index (χ1n) is 6.36. The van der Waals surface area contributed by atoms with Crippen molar-refractivity contribution in [3.63, 3.8) is 0 Å². The summed E-state index contributed by atoms with van der Waals surface area (Å²) in [5.41, 5.74) is 0.626. The van der Waals surface area contributed by atoms with Gasteiger partial charge in [-0.2, -0.15) is 0 Å². The van der Waals surface area contributed by atoms with Gasteiger partial charge in [0.2, 0.25) is 0 Å². The molecular weight excluding hydrogens is 272 g/mol. The fraction of sp³-hybridized carbons (Fsp3) is 0.267. The van der Waals surface area contributed by atoms with E-state index in [1.807, 2.05) is 0 Å². The molecule has 0 radical (unpaired) electrons. The molecule has 2 rings (SSSR count). The minimum absolute atomic E-state index is 0.313. The predicted molar refractivity (Wildman–Crippen MR) is 74.8 cm³/mol. The van der Waals surface area contributed by atoms with Gasteiger partial charge in [0.05, 0.1) is 17.2 Å². The van der Waals surface area contributed by atoms with Crippen molar-refractivity contribution in [2.24, 2.45) is 0 Å². The molecule has 1 aliphatic rings. The lowest BCUT2D eigenvalue weighted by atomic mass is 10.1. The summed E-state index contributed by atoms with van der Waals surface area (Å²) in [6, 6.07) is 4.94. The number of hydrogen-bond acceptors (Lipinski definition) is 3. The summed E-state index contributed by atoms with van der Waals surface area (Å²) < 4.78 is 0. The fourth-order valence-electron chi connectivity index (χ4n) is 2.30. The molecule has 0 spiro atoms. The highest BCUT2D eigenvalue weighted by Gasteiger charge is 2.41. The zero-order valence-electron chi connectivity index (χ0n) is 11.6. The summed E-state index contributed by atoms with van der Waals surface area (Å²) in [5.74, 6) is 4.46. The van der Waals surface area contributed by atoms with Crippen molar-refractivity contribution in [2.45, 2.75) is 25.9 Å². The number of carboxylic acid groups (broad SMARTS) is 1. The minimum atomic E-state index is -1.23. The predicted octanol–water partition coefficient (Wildman–Crippen LogP) is 1.33. The maximum absolute atomic E-state index is 12.4. The van der Waals surface area contributed by atoms with Gasteiger partial charge in [0.1, 0.15) is 6.04 Å². The lowest BCUT2D eigenvalue weighted by molar-refractivity contribution is 0.0596. The third-order valence-corrected chi connectivity index (χ3v) is 3.22. The number of carbonyl (C=O) groups excluding carboxylic acids is 2. The van der Waals surface area contributed by atoms with E-state index in [0.717, 1.165) is 4.90 Å². The summed E-state index contributed by atoms with van der Waals surface area (Å²) in [7, 11) is 0. The maximum atomic E-state index is 12.4. The van der Waals surface area contributed by atoms with Gasteiger partial charge in [0.25, 0.3) is 11.8 Å². The van der Waals surface area contributed by atoms with Crippen molar-refractivity contribution in [3.05, 3.63) is 35.4 Å². The average molecular weight is 286 g/mol. The molecule has 108 valence electrons. The largest absolute Gasteiger partial charge is 0.465 e. The van der Waals surface area contributed by atoms with Crippen LogP contribution in [0, 0.1) is 11.8 Å². The van der Waals surface area contributed by atoms with E-state index < -0.39 is 30.0 Å². The highest BCUT2D eigenvalue weighted by molar-refractivity contribution is 6.21. The van der Waals surface area contributed by atoms with Crippen LogP contribution < -0.4 is 5.32 Å². The molecule has 6 heteroatoms. The van der Waals surface area contributed by atoms with Gasteiger partial charge in [-0.05, 0) is 26.0 Å². The lowest BCUT2D eigenvalue weighted by Crippen LogP contribution is -2.51. The highest BCUT2D eigenvalue weighted by Crippen LogP contribution is 2.25. The molecule has 1 unspecified atom stereocenters. The molecular formula is C15H14N2O4. The second-order valence-corrected chi connectivity index (χ2v) is 4.60. The molecule has 1 aromatic carbocycles. The van der Waals surface area contributed by atoms with Crippen LogP contribution in [0.5, 0.6) is 0 Å². The Hall–Kier alpha value is -2.81. The second kappa shape index (κ2) is 5.67. The first-order chi connectivity index (χ1) is 9.97. The average Bonchev–Trinajstić information content (AvgIpc) is 2.68. The maximum Gasteiger partial charge on any atom is 0.404 e. The van der Waals surface area contributed by atoms with Crippen LogP contribution in [0.2, 0.25) is 0 Å². The molecule has 2 N–H and O–H groups in total. The van der Waals surface area contributed by atoms with E-state index in [1.54, 1.807) is 38.1 Å². The molecule has 0 saturated carbocycles. The highest BCUT2D eigenvalue weighted by atomic mass is 16.4. The number of fused-ring (bicyclic) bond motifs is 1. The number of amides is 3. The molecule has 2 atom stereocenters. The number of hydrogen-bond donors (Lipinski definition) is 2. The number of imide groups is 1. The molecule has 1 aliphatic heterocycles. The standard InChI is InChI=1S/C15H14N2O4/c1-3-6-12(9(2)16-15(20)21)17-13(18)10-7-4-5-8-11(10)14(17)19/h4-5,7-9,12,16H,1-2H3,(H,20,21)/t9-,12?/m0/s1. The van der Waals surface area contributed by atoms with Crippen molar-refractivity contribution in [1.82, 2.24) is 10.2 Å². The Balaban J connectivity index is 2.39. The van der Waals surface area contributed by atoms with E-state index >= 15 is 0 Å². The normalized spacial score (nSPS) is 15.8. The van der Waals surface area contributed by atoms with E-state index in [0.29, 0.717) is 11.1 Å². The monoisotopic (exact) mass is 286 g/mol. The summed E-state index contributed by atoms with van der Waals surface area (Å²) in [6.07, 6.45) is -1.23.